The summed E-state index contributed by atoms with van der Waals surface area (Å²) < 4.78 is 11.2. The van der Waals surface area contributed by atoms with Gasteiger partial charge in [0, 0.05) is 0 Å². The normalized spacial score (nSPS) is 18.3. The Morgan fingerprint density at radius 2 is 1.53 bits per heavy atom. The molecule has 1 N–H and O–H groups in total. The molecule has 0 heterocycles. The summed E-state index contributed by atoms with van der Waals surface area (Å²) in [5.41, 5.74) is 1.75. The summed E-state index contributed by atoms with van der Waals surface area (Å²) in [5, 5.41) is 9.49. The molecule has 0 aromatic heterocycles. The maximum absolute atomic E-state index is 11.6. The van der Waals surface area contributed by atoms with Crippen LogP contribution in [-0.4, -0.2) is 24.8 Å². The van der Waals surface area contributed by atoms with Crippen molar-refractivity contribution in [2.24, 2.45) is 11.8 Å². The predicted molar refractivity (Wildman–Crippen MR) is 130 cm³/mol. The molecule has 0 radical (unpaired) electrons. The number of hydrogen-bond donors (Lipinski definition) is 1. The molecule has 2 aromatic rings. The molecule has 1 aliphatic carbocycles. The van der Waals surface area contributed by atoms with Gasteiger partial charge in [0.05, 0.1) is 19.3 Å². The Balaban J connectivity index is 1.43. The fourth-order valence-corrected chi connectivity index (χ4v) is 4.86. The average Bonchev–Trinajstić information content (AvgIpc) is 2.83. The Morgan fingerprint density at radius 3 is 2.12 bits per heavy atom. The van der Waals surface area contributed by atoms with Gasteiger partial charge >= 0.3 is 5.97 Å². The van der Waals surface area contributed by atoms with Gasteiger partial charge in [-0.1, -0.05) is 70.4 Å². The van der Waals surface area contributed by atoms with Crippen molar-refractivity contribution in [1.82, 2.24) is 0 Å². The number of aromatic carboxylic acids is 1. The predicted octanol–water partition coefficient (Wildman–Crippen LogP) is 7.61. The van der Waals surface area contributed by atoms with Gasteiger partial charge in [0.1, 0.15) is 11.5 Å². The highest BCUT2D eigenvalue weighted by atomic mass is 16.5. The number of unbranched alkanes of at least 4 members (excludes halogenated alkanes) is 2. The van der Waals surface area contributed by atoms with E-state index < -0.39 is 5.97 Å². The van der Waals surface area contributed by atoms with Crippen molar-refractivity contribution in [2.45, 2.75) is 71.1 Å². The highest BCUT2D eigenvalue weighted by molar-refractivity contribution is 5.96. The molecular weight excluding hydrogens is 400 g/mol. The van der Waals surface area contributed by atoms with Gasteiger partial charge in [-0.3, -0.25) is 0 Å². The molecule has 2 aromatic carbocycles. The summed E-state index contributed by atoms with van der Waals surface area (Å²) >= 11 is 0. The van der Waals surface area contributed by atoms with Crippen LogP contribution in [0.4, 0.5) is 0 Å². The summed E-state index contributed by atoms with van der Waals surface area (Å²) in [4.78, 5) is 11.6. The second-order valence-electron chi connectivity index (χ2n) is 9.11. The second kappa shape index (κ2) is 12.5. The van der Waals surface area contributed by atoms with E-state index in [4.69, 9.17) is 9.47 Å². The van der Waals surface area contributed by atoms with Gasteiger partial charge in [-0.25, -0.2) is 4.79 Å². The Labute approximate surface area is 193 Å². The van der Waals surface area contributed by atoms with Crippen LogP contribution in [0.15, 0.2) is 42.5 Å². The second-order valence-corrected chi connectivity index (χ2v) is 9.11. The Hall–Kier alpha value is -2.49. The van der Waals surface area contributed by atoms with E-state index >= 15 is 0 Å². The molecule has 1 saturated carbocycles. The minimum Gasteiger partial charge on any atom is -0.497 e. The molecular formula is C28H38O4. The SMILES string of the molecule is CCCCCC1CCC(CCCOc2ccc(-c3cc(OC)ccc3C(=O)O)cc2)CC1. The minimum absolute atomic E-state index is 0.263. The third-order valence-electron chi connectivity index (χ3n) is 6.83. The van der Waals surface area contributed by atoms with Crippen molar-refractivity contribution in [3.8, 4) is 22.6 Å². The van der Waals surface area contributed by atoms with Gasteiger partial charge in [0.2, 0.25) is 0 Å². The fraction of sp³-hybridized carbons (Fsp3) is 0.536. The average molecular weight is 439 g/mol. The lowest BCUT2D eigenvalue weighted by molar-refractivity contribution is 0.0697. The summed E-state index contributed by atoms with van der Waals surface area (Å²) in [6, 6.07) is 12.7. The summed E-state index contributed by atoms with van der Waals surface area (Å²) in [7, 11) is 1.58. The van der Waals surface area contributed by atoms with E-state index in [-0.39, 0.29) is 5.56 Å². The molecule has 0 aliphatic heterocycles. The first kappa shape index (κ1) is 24.2. The fourth-order valence-electron chi connectivity index (χ4n) is 4.86. The number of benzene rings is 2. The van der Waals surface area contributed by atoms with Crippen LogP contribution < -0.4 is 9.47 Å². The van der Waals surface area contributed by atoms with Crippen molar-refractivity contribution in [1.29, 1.82) is 0 Å². The van der Waals surface area contributed by atoms with E-state index in [2.05, 4.69) is 6.92 Å². The molecule has 1 fully saturated rings. The number of ether oxygens (including phenoxy) is 2. The number of methoxy groups -OCH3 is 1. The smallest absolute Gasteiger partial charge is 0.336 e. The first-order valence-corrected chi connectivity index (χ1v) is 12.2. The lowest BCUT2D eigenvalue weighted by Gasteiger charge is -2.28. The van der Waals surface area contributed by atoms with Gasteiger partial charge in [0.15, 0.2) is 0 Å². The van der Waals surface area contributed by atoms with Crippen LogP contribution in [0, 0.1) is 11.8 Å². The molecule has 0 bridgehead atoms. The van der Waals surface area contributed by atoms with E-state index in [0.717, 1.165) is 36.2 Å². The van der Waals surface area contributed by atoms with Crippen molar-refractivity contribution >= 4 is 5.97 Å². The summed E-state index contributed by atoms with van der Waals surface area (Å²) in [6.07, 6.45) is 13.5. The molecule has 0 spiro atoms. The van der Waals surface area contributed by atoms with Crippen LogP contribution in [0.5, 0.6) is 11.5 Å². The van der Waals surface area contributed by atoms with E-state index in [0.29, 0.717) is 11.3 Å². The number of hydrogen-bond acceptors (Lipinski definition) is 3. The third-order valence-corrected chi connectivity index (χ3v) is 6.83. The highest BCUT2D eigenvalue weighted by Crippen LogP contribution is 2.34. The molecule has 3 rings (SSSR count). The molecule has 0 unspecified atom stereocenters. The quantitative estimate of drug-likeness (QED) is 0.347. The van der Waals surface area contributed by atoms with Crippen molar-refractivity contribution < 1.29 is 19.4 Å². The topological polar surface area (TPSA) is 55.8 Å². The molecule has 0 saturated heterocycles. The van der Waals surface area contributed by atoms with Crippen LogP contribution in [-0.2, 0) is 0 Å². The van der Waals surface area contributed by atoms with Gasteiger partial charge < -0.3 is 14.6 Å². The summed E-state index contributed by atoms with van der Waals surface area (Å²) in [6.45, 7) is 3.01. The number of rotatable bonds is 12. The molecule has 4 nitrogen and oxygen atoms in total. The maximum Gasteiger partial charge on any atom is 0.336 e. The largest absolute Gasteiger partial charge is 0.497 e. The van der Waals surface area contributed by atoms with Crippen molar-refractivity contribution in [2.75, 3.05) is 13.7 Å². The molecule has 0 atom stereocenters. The van der Waals surface area contributed by atoms with Crippen LogP contribution in [0.25, 0.3) is 11.1 Å². The van der Waals surface area contributed by atoms with Crippen LogP contribution in [0.3, 0.4) is 0 Å². The molecule has 174 valence electrons. The van der Waals surface area contributed by atoms with Crippen LogP contribution in [0.1, 0.15) is 81.5 Å². The zero-order valence-corrected chi connectivity index (χ0v) is 19.6. The first-order valence-electron chi connectivity index (χ1n) is 12.2. The third kappa shape index (κ3) is 7.01. The monoisotopic (exact) mass is 438 g/mol. The van der Waals surface area contributed by atoms with Crippen LogP contribution >= 0.6 is 0 Å². The lowest BCUT2D eigenvalue weighted by atomic mass is 9.78. The minimum atomic E-state index is -0.946. The van der Waals surface area contributed by atoms with E-state index in [9.17, 15) is 9.90 Å². The highest BCUT2D eigenvalue weighted by Gasteiger charge is 2.20. The van der Waals surface area contributed by atoms with E-state index in [1.165, 1.54) is 57.8 Å². The zero-order valence-electron chi connectivity index (χ0n) is 19.6. The Kier molecular flexibility index (Phi) is 9.45. The van der Waals surface area contributed by atoms with Gasteiger partial charge in [-0.05, 0) is 66.1 Å². The number of carboxylic acid groups (broad SMARTS) is 1. The Morgan fingerprint density at radius 1 is 0.906 bits per heavy atom. The van der Waals surface area contributed by atoms with E-state index in [1.54, 1.807) is 25.3 Å². The number of carboxylic acids is 1. The zero-order chi connectivity index (χ0) is 22.8. The molecule has 0 amide bonds. The lowest BCUT2D eigenvalue weighted by Crippen LogP contribution is -2.15. The molecule has 1 aliphatic rings. The van der Waals surface area contributed by atoms with Crippen molar-refractivity contribution in [3.63, 3.8) is 0 Å². The van der Waals surface area contributed by atoms with E-state index in [1.807, 2.05) is 24.3 Å². The van der Waals surface area contributed by atoms with Crippen molar-refractivity contribution in [3.05, 3.63) is 48.0 Å². The first-order chi connectivity index (χ1) is 15.6. The van der Waals surface area contributed by atoms with Gasteiger partial charge in [-0.2, -0.15) is 0 Å². The Bertz CT molecular complexity index is 835. The number of carbonyl (C=O) groups is 1. The van der Waals surface area contributed by atoms with Gasteiger partial charge in [0.25, 0.3) is 0 Å². The molecule has 4 heteroatoms. The summed E-state index contributed by atoms with van der Waals surface area (Å²) in [5.74, 6) is 2.36. The molecule has 32 heavy (non-hydrogen) atoms. The standard InChI is InChI=1S/C28H38O4/c1-3-4-5-7-21-9-11-22(12-10-21)8-6-19-32-24-15-13-23(14-16-24)27-20-25(31-2)17-18-26(27)28(29)30/h13-18,20-22H,3-12,19H2,1-2H3,(H,29,30). The maximum atomic E-state index is 11.6. The van der Waals surface area contributed by atoms with Gasteiger partial charge in [-0.15, -0.1) is 0 Å². The van der Waals surface area contributed by atoms with Crippen LogP contribution in [0.2, 0.25) is 0 Å².